The van der Waals surface area contributed by atoms with Gasteiger partial charge in [0.2, 0.25) is 0 Å². The molecular formula is C21H26ClN3O3. The summed E-state index contributed by atoms with van der Waals surface area (Å²) in [6.45, 7) is 3.93. The monoisotopic (exact) mass is 403 g/mol. The number of nitrogens with one attached hydrogen (secondary N) is 1. The van der Waals surface area contributed by atoms with Gasteiger partial charge in [0.25, 0.3) is 5.91 Å². The number of likely N-dealkylation sites (tertiary alicyclic amines) is 1. The van der Waals surface area contributed by atoms with Gasteiger partial charge in [-0.3, -0.25) is 4.79 Å². The number of nitrogens with zero attached hydrogens (tertiary/aromatic N) is 2. The molecule has 1 fully saturated rings. The highest BCUT2D eigenvalue weighted by Crippen LogP contribution is 2.22. The fourth-order valence-electron chi connectivity index (χ4n) is 3.14. The Balaban J connectivity index is 1.50. The number of halogens is 1. The van der Waals surface area contributed by atoms with Crippen molar-refractivity contribution < 1.29 is 14.6 Å². The van der Waals surface area contributed by atoms with Crippen molar-refractivity contribution in [1.29, 1.82) is 0 Å². The maximum absolute atomic E-state index is 12.5. The number of benzene rings is 1. The number of aliphatic hydroxyl groups excluding tert-OH is 1. The van der Waals surface area contributed by atoms with Crippen molar-refractivity contribution in [1.82, 2.24) is 9.88 Å². The van der Waals surface area contributed by atoms with Crippen molar-refractivity contribution in [2.45, 2.75) is 32.3 Å². The molecule has 2 N–H and O–H groups in total. The Morgan fingerprint density at radius 3 is 2.82 bits per heavy atom. The Hall–Kier alpha value is -2.31. The molecule has 1 aliphatic rings. The third kappa shape index (κ3) is 5.59. The summed E-state index contributed by atoms with van der Waals surface area (Å²) in [6, 6.07) is 9.29. The van der Waals surface area contributed by atoms with E-state index < -0.39 is 6.10 Å². The van der Waals surface area contributed by atoms with Crippen molar-refractivity contribution in [2.75, 3.05) is 31.6 Å². The predicted molar refractivity (Wildman–Crippen MR) is 110 cm³/mol. The Labute approximate surface area is 170 Å². The first-order valence-electron chi connectivity index (χ1n) is 9.59. The second kappa shape index (κ2) is 9.75. The topological polar surface area (TPSA) is 74.7 Å². The van der Waals surface area contributed by atoms with E-state index >= 15 is 0 Å². The van der Waals surface area contributed by atoms with E-state index in [1.165, 1.54) is 12.6 Å². The Bertz CT molecular complexity index is 809. The van der Waals surface area contributed by atoms with Crippen LogP contribution in [-0.4, -0.2) is 53.2 Å². The molecule has 2 heterocycles. The van der Waals surface area contributed by atoms with Crippen LogP contribution >= 0.6 is 11.6 Å². The number of hydrogen-bond acceptors (Lipinski definition) is 5. The molecule has 1 atom stereocenters. The third-order valence-electron chi connectivity index (χ3n) is 4.67. The zero-order chi connectivity index (χ0) is 19.9. The largest absolute Gasteiger partial charge is 0.491 e. The molecule has 28 heavy (non-hydrogen) atoms. The fourth-order valence-corrected chi connectivity index (χ4v) is 3.37. The van der Waals surface area contributed by atoms with Crippen LogP contribution in [0.4, 0.5) is 5.82 Å². The zero-order valence-corrected chi connectivity index (χ0v) is 16.8. The minimum atomic E-state index is -0.729. The summed E-state index contributed by atoms with van der Waals surface area (Å²) in [6.07, 6.45) is 4.04. The molecule has 0 aliphatic carbocycles. The van der Waals surface area contributed by atoms with Crippen LogP contribution in [0.5, 0.6) is 5.75 Å². The predicted octanol–water partition coefficient (Wildman–Crippen LogP) is 3.52. The van der Waals surface area contributed by atoms with Crippen molar-refractivity contribution in [3.63, 3.8) is 0 Å². The maximum atomic E-state index is 12.5. The highest BCUT2D eigenvalue weighted by molar-refractivity contribution is 6.33. The lowest BCUT2D eigenvalue weighted by atomic mass is 10.1. The van der Waals surface area contributed by atoms with Crippen LogP contribution in [0.3, 0.4) is 0 Å². The van der Waals surface area contributed by atoms with E-state index in [-0.39, 0.29) is 19.1 Å². The number of aromatic nitrogens is 1. The van der Waals surface area contributed by atoms with Gasteiger partial charge in [-0.05, 0) is 49.9 Å². The Kier molecular flexibility index (Phi) is 7.12. The van der Waals surface area contributed by atoms with E-state index in [0.717, 1.165) is 37.2 Å². The van der Waals surface area contributed by atoms with Crippen molar-refractivity contribution in [3.05, 3.63) is 52.7 Å². The summed E-state index contributed by atoms with van der Waals surface area (Å²) in [5.41, 5.74) is 1.58. The van der Waals surface area contributed by atoms with Crippen LogP contribution in [-0.2, 0) is 0 Å². The smallest absolute Gasteiger partial charge is 0.255 e. The number of pyridine rings is 1. The van der Waals surface area contributed by atoms with E-state index in [9.17, 15) is 9.90 Å². The van der Waals surface area contributed by atoms with Crippen LogP contribution in [0, 0.1) is 6.92 Å². The number of ether oxygens (including phenoxy) is 1. The van der Waals surface area contributed by atoms with Crippen molar-refractivity contribution >= 4 is 23.3 Å². The van der Waals surface area contributed by atoms with Crippen molar-refractivity contribution in [2.24, 2.45) is 0 Å². The first kappa shape index (κ1) is 20.4. The number of rotatable bonds is 7. The molecule has 1 unspecified atom stereocenters. The number of carbonyl (C=O) groups excluding carboxylic acids is 1. The van der Waals surface area contributed by atoms with Gasteiger partial charge in [-0.25, -0.2) is 4.98 Å². The highest BCUT2D eigenvalue weighted by atomic mass is 35.5. The van der Waals surface area contributed by atoms with Gasteiger partial charge in [0.05, 0.1) is 10.6 Å². The SMILES string of the molecule is Cc1cccc(OCC(O)CNc2ncc(C(=O)N3CCCCC3)cc2Cl)c1. The minimum Gasteiger partial charge on any atom is -0.491 e. The van der Waals surface area contributed by atoms with E-state index in [1.807, 2.05) is 36.1 Å². The molecule has 1 amide bonds. The van der Waals surface area contributed by atoms with E-state index in [4.69, 9.17) is 16.3 Å². The van der Waals surface area contributed by atoms with Gasteiger partial charge in [-0.2, -0.15) is 0 Å². The molecule has 1 aliphatic heterocycles. The van der Waals surface area contributed by atoms with Gasteiger partial charge in [0.15, 0.2) is 0 Å². The van der Waals surface area contributed by atoms with Gasteiger partial charge >= 0.3 is 0 Å². The molecular weight excluding hydrogens is 378 g/mol. The number of amides is 1. The molecule has 150 valence electrons. The van der Waals surface area contributed by atoms with Gasteiger partial charge in [0, 0.05) is 25.8 Å². The first-order chi connectivity index (χ1) is 13.5. The second-order valence-corrected chi connectivity index (χ2v) is 7.48. The average Bonchev–Trinajstić information content (AvgIpc) is 2.71. The third-order valence-corrected chi connectivity index (χ3v) is 4.96. The number of carbonyl (C=O) groups is 1. The zero-order valence-electron chi connectivity index (χ0n) is 16.0. The second-order valence-electron chi connectivity index (χ2n) is 7.07. The highest BCUT2D eigenvalue weighted by Gasteiger charge is 2.19. The van der Waals surface area contributed by atoms with E-state index in [1.54, 1.807) is 6.07 Å². The summed E-state index contributed by atoms with van der Waals surface area (Å²) < 4.78 is 5.59. The summed E-state index contributed by atoms with van der Waals surface area (Å²) in [7, 11) is 0. The summed E-state index contributed by atoms with van der Waals surface area (Å²) >= 11 is 6.28. The first-order valence-corrected chi connectivity index (χ1v) is 9.97. The molecule has 1 aromatic carbocycles. The van der Waals surface area contributed by atoms with Gasteiger partial charge in [-0.15, -0.1) is 0 Å². The van der Waals surface area contributed by atoms with Gasteiger partial charge in [0.1, 0.15) is 24.3 Å². The maximum Gasteiger partial charge on any atom is 0.255 e. The van der Waals surface area contributed by atoms with E-state index in [0.29, 0.717) is 16.4 Å². The van der Waals surface area contributed by atoms with Crippen LogP contribution in [0.15, 0.2) is 36.5 Å². The molecule has 2 aromatic rings. The molecule has 0 saturated carbocycles. The van der Waals surface area contributed by atoms with Crippen LogP contribution in [0.25, 0.3) is 0 Å². The van der Waals surface area contributed by atoms with Crippen LogP contribution in [0.2, 0.25) is 5.02 Å². The Morgan fingerprint density at radius 2 is 2.11 bits per heavy atom. The minimum absolute atomic E-state index is 0.0350. The summed E-state index contributed by atoms with van der Waals surface area (Å²) in [5.74, 6) is 1.12. The quantitative estimate of drug-likeness (QED) is 0.739. The molecule has 6 nitrogen and oxygen atoms in total. The lowest BCUT2D eigenvalue weighted by Crippen LogP contribution is -2.35. The lowest BCUT2D eigenvalue weighted by molar-refractivity contribution is 0.0724. The molecule has 0 radical (unpaired) electrons. The number of hydrogen-bond donors (Lipinski definition) is 2. The van der Waals surface area contributed by atoms with Crippen molar-refractivity contribution in [3.8, 4) is 5.75 Å². The van der Waals surface area contributed by atoms with Gasteiger partial charge < -0.3 is 20.1 Å². The Morgan fingerprint density at radius 1 is 1.32 bits per heavy atom. The number of aryl methyl sites for hydroxylation is 1. The average molecular weight is 404 g/mol. The summed E-state index contributed by atoms with van der Waals surface area (Å²) in [4.78, 5) is 18.6. The lowest BCUT2D eigenvalue weighted by Gasteiger charge is -2.26. The molecule has 7 heteroatoms. The molecule has 1 aromatic heterocycles. The summed E-state index contributed by atoms with van der Waals surface area (Å²) in [5, 5.41) is 13.5. The number of aliphatic hydroxyl groups is 1. The fraction of sp³-hybridized carbons (Fsp3) is 0.429. The number of piperidine rings is 1. The van der Waals surface area contributed by atoms with Crippen LogP contribution < -0.4 is 10.1 Å². The molecule has 1 saturated heterocycles. The normalized spacial score (nSPS) is 15.2. The standard InChI is InChI=1S/C21H26ClN3O3/c1-15-6-5-7-18(10-15)28-14-17(26)13-24-20-19(22)11-16(12-23-20)21(27)25-8-3-2-4-9-25/h5-7,10-12,17,26H,2-4,8-9,13-14H2,1H3,(H,23,24). The van der Waals surface area contributed by atoms with Gasteiger partial charge in [-0.1, -0.05) is 23.7 Å². The molecule has 3 rings (SSSR count). The molecule has 0 spiro atoms. The number of anilines is 1. The van der Waals surface area contributed by atoms with E-state index in [2.05, 4.69) is 10.3 Å². The van der Waals surface area contributed by atoms with Crippen LogP contribution in [0.1, 0.15) is 35.2 Å². The molecule has 0 bridgehead atoms.